The summed E-state index contributed by atoms with van der Waals surface area (Å²) >= 11 is 2.11. The van der Waals surface area contributed by atoms with Gasteiger partial charge in [0, 0.05) is 0 Å². The molecule has 1 heteroatoms. The Morgan fingerprint density at radius 1 is 0.733 bits per heavy atom. The van der Waals surface area contributed by atoms with Crippen molar-refractivity contribution in [1.29, 1.82) is 0 Å². The van der Waals surface area contributed by atoms with Gasteiger partial charge in [-0.3, -0.25) is 0 Å². The molecule has 0 atom stereocenters. The van der Waals surface area contributed by atoms with E-state index in [4.69, 9.17) is 0 Å². The van der Waals surface area contributed by atoms with E-state index in [1.807, 2.05) is 0 Å². The average Bonchev–Trinajstić information content (AvgIpc) is 2.20. The van der Waals surface area contributed by atoms with Crippen LogP contribution >= 0.6 is 11.8 Å². The van der Waals surface area contributed by atoms with Crippen LogP contribution in [0.4, 0.5) is 0 Å². The molecule has 0 aliphatic carbocycles. The summed E-state index contributed by atoms with van der Waals surface area (Å²) < 4.78 is 0. The topological polar surface area (TPSA) is 0 Å². The number of rotatable bonds is 11. The molecule has 0 spiro atoms. The average molecular weight is 230 g/mol. The molecule has 15 heavy (non-hydrogen) atoms. The summed E-state index contributed by atoms with van der Waals surface area (Å²) in [5.74, 6) is 1.37. The summed E-state index contributed by atoms with van der Waals surface area (Å²) in [6.45, 7) is 6.86. The molecule has 0 unspecified atom stereocenters. The fourth-order valence-electron chi connectivity index (χ4n) is 1.73. The molecule has 0 saturated heterocycles. The normalized spacial score (nSPS) is 11.2. The second-order valence-electron chi connectivity index (χ2n) is 4.75. The van der Waals surface area contributed by atoms with Gasteiger partial charge in [-0.05, 0) is 17.4 Å². The van der Waals surface area contributed by atoms with E-state index >= 15 is 0 Å². The molecule has 0 rings (SSSR count). The van der Waals surface area contributed by atoms with Crippen LogP contribution < -0.4 is 0 Å². The molecule has 0 aromatic heterocycles. The van der Waals surface area contributed by atoms with Crippen molar-refractivity contribution in [2.24, 2.45) is 0 Å². The molecule has 0 aromatic rings. The van der Waals surface area contributed by atoms with E-state index in [2.05, 4.69) is 32.5 Å². The summed E-state index contributed by atoms with van der Waals surface area (Å²) in [6.07, 6.45) is 13.0. The molecule has 0 amide bonds. The Kier molecular flexibility index (Phi) is 12.7. The van der Waals surface area contributed by atoms with Gasteiger partial charge in [0.2, 0.25) is 0 Å². The predicted molar refractivity (Wildman–Crippen MR) is 74.8 cm³/mol. The van der Waals surface area contributed by atoms with Gasteiger partial charge in [0.25, 0.3) is 0 Å². The molecule has 0 fully saturated rings. The zero-order valence-corrected chi connectivity index (χ0v) is 11.9. The Morgan fingerprint density at radius 3 is 1.67 bits per heavy atom. The van der Waals surface area contributed by atoms with Gasteiger partial charge in [-0.15, -0.1) is 0 Å². The second kappa shape index (κ2) is 12.4. The highest BCUT2D eigenvalue weighted by molar-refractivity contribution is 7.99. The molecule has 0 aromatic carbocycles. The van der Waals surface area contributed by atoms with Crippen molar-refractivity contribution in [3.63, 3.8) is 0 Å². The van der Waals surface area contributed by atoms with Gasteiger partial charge in [0.1, 0.15) is 0 Å². The second-order valence-corrected chi connectivity index (χ2v) is 6.43. The lowest BCUT2D eigenvalue weighted by Gasteiger charge is -2.04. The zero-order chi connectivity index (χ0) is 11.4. The lowest BCUT2D eigenvalue weighted by Crippen LogP contribution is -1.90. The minimum absolute atomic E-state index is 0.819. The Morgan fingerprint density at radius 2 is 1.20 bits per heavy atom. The fourth-order valence-corrected chi connectivity index (χ4v) is 2.57. The van der Waals surface area contributed by atoms with Crippen LogP contribution in [0.25, 0.3) is 0 Å². The largest absolute Gasteiger partial charge is 0.159 e. The maximum Gasteiger partial charge on any atom is -0.000968 e. The number of hydrogen-bond donors (Lipinski definition) is 0. The molecular weight excluding hydrogens is 200 g/mol. The lowest BCUT2D eigenvalue weighted by atomic mass is 10.1. The van der Waals surface area contributed by atoms with Crippen LogP contribution in [0.1, 0.15) is 78.6 Å². The van der Waals surface area contributed by atoms with E-state index in [1.165, 1.54) is 63.5 Å². The zero-order valence-electron chi connectivity index (χ0n) is 11.1. The Balaban J connectivity index is 2.87. The quantitative estimate of drug-likeness (QED) is 0.413. The highest BCUT2D eigenvalue weighted by atomic mass is 32.2. The summed E-state index contributed by atoms with van der Waals surface area (Å²) in [5, 5.41) is 0.819. The van der Waals surface area contributed by atoms with Crippen molar-refractivity contribution < 1.29 is 0 Å². The van der Waals surface area contributed by atoms with Crippen molar-refractivity contribution in [3.8, 4) is 0 Å². The van der Waals surface area contributed by atoms with Crippen molar-refractivity contribution in [1.82, 2.24) is 0 Å². The SMILES string of the molecule is CCCCCCCCCCCSC(C)C. The first kappa shape index (κ1) is 15.3. The van der Waals surface area contributed by atoms with Crippen LogP contribution in [0, 0.1) is 0 Å². The summed E-state index contributed by atoms with van der Waals surface area (Å²) in [7, 11) is 0. The van der Waals surface area contributed by atoms with Crippen molar-refractivity contribution in [3.05, 3.63) is 0 Å². The Hall–Kier alpha value is 0.350. The molecule has 92 valence electrons. The monoisotopic (exact) mass is 230 g/mol. The Bertz CT molecular complexity index is 110. The van der Waals surface area contributed by atoms with Crippen molar-refractivity contribution in [2.45, 2.75) is 83.8 Å². The molecule has 0 aliphatic rings. The fraction of sp³-hybridized carbons (Fsp3) is 1.00. The van der Waals surface area contributed by atoms with Crippen LogP contribution in [0.3, 0.4) is 0 Å². The highest BCUT2D eigenvalue weighted by Gasteiger charge is 1.94. The molecule has 0 saturated carbocycles. The van der Waals surface area contributed by atoms with Gasteiger partial charge in [0.05, 0.1) is 0 Å². The van der Waals surface area contributed by atoms with E-state index in [-0.39, 0.29) is 0 Å². The van der Waals surface area contributed by atoms with E-state index in [0.29, 0.717) is 0 Å². The van der Waals surface area contributed by atoms with Gasteiger partial charge in [-0.25, -0.2) is 0 Å². The summed E-state index contributed by atoms with van der Waals surface area (Å²) in [5.41, 5.74) is 0. The summed E-state index contributed by atoms with van der Waals surface area (Å²) in [6, 6.07) is 0. The van der Waals surface area contributed by atoms with Crippen LogP contribution in [-0.2, 0) is 0 Å². The molecule has 0 aliphatic heterocycles. The molecule has 0 heterocycles. The van der Waals surface area contributed by atoms with Gasteiger partial charge in [-0.2, -0.15) is 11.8 Å². The van der Waals surface area contributed by atoms with Crippen molar-refractivity contribution >= 4 is 11.8 Å². The van der Waals surface area contributed by atoms with E-state index in [0.717, 1.165) is 5.25 Å². The maximum atomic E-state index is 2.29. The summed E-state index contributed by atoms with van der Waals surface area (Å²) in [4.78, 5) is 0. The highest BCUT2D eigenvalue weighted by Crippen LogP contribution is 2.14. The third kappa shape index (κ3) is 14.4. The Labute approximate surface area is 102 Å². The van der Waals surface area contributed by atoms with Gasteiger partial charge in [-0.1, -0.05) is 72.1 Å². The van der Waals surface area contributed by atoms with E-state index in [1.54, 1.807) is 0 Å². The first-order valence-electron chi connectivity index (χ1n) is 6.89. The minimum Gasteiger partial charge on any atom is -0.159 e. The third-order valence-electron chi connectivity index (χ3n) is 2.70. The van der Waals surface area contributed by atoms with Gasteiger partial charge in [0.15, 0.2) is 0 Å². The van der Waals surface area contributed by atoms with Crippen LogP contribution in [0.5, 0.6) is 0 Å². The van der Waals surface area contributed by atoms with Gasteiger partial charge >= 0.3 is 0 Å². The number of hydrogen-bond acceptors (Lipinski definition) is 1. The predicted octanol–water partition coefficient (Wildman–Crippen LogP) is 5.66. The minimum atomic E-state index is 0.819. The van der Waals surface area contributed by atoms with E-state index < -0.39 is 0 Å². The van der Waals surface area contributed by atoms with Crippen LogP contribution in [0.2, 0.25) is 0 Å². The first-order chi connectivity index (χ1) is 7.27. The molecule has 0 nitrogen and oxygen atoms in total. The molecular formula is C14H30S. The smallest absolute Gasteiger partial charge is 0.000968 e. The van der Waals surface area contributed by atoms with Crippen LogP contribution in [-0.4, -0.2) is 11.0 Å². The van der Waals surface area contributed by atoms with Crippen LogP contribution in [0.15, 0.2) is 0 Å². The lowest BCUT2D eigenvalue weighted by molar-refractivity contribution is 0.573. The van der Waals surface area contributed by atoms with E-state index in [9.17, 15) is 0 Å². The molecule has 0 N–H and O–H groups in total. The number of unbranched alkanes of at least 4 members (excludes halogenated alkanes) is 8. The number of thioether (sulfide) groups is 1. The standard InChI is InChI=1S/C14H30S/c1-4-5-6-7-8-9-10-11-12-13-15-14(2)3/h14H,4-13H2,1-3H3. The first-order valence-corrected chi connectivity index (χ1v) is 7.93. The maximum absolute atomic E-state index is 2.29. The molecule has 0 bridgehead atoms. The third-order valence-corrected chi connectivity index (χ3v) is 3.89. The molecule has 0 radical (unpaired) electrons. The van der Waals surface area contributed by atoms with Gasteiger partial charge < -0.3 is 0 Å². The van der Waals surface area contributed by atoms with Crippen molar-refractivity contribution in [2.75, 3.05) is 5.75 Å².